The number of hydrogen-bond acceptors (Lipinski definition) is 3. The van der Waals surface area contributed by atoms with Crippen molar-refractivity contribution in [2.45, 2.75) is 19.8 Å². The molecule has 0 bridgehead atoms. The van der Waals surface area contributed by atoms with E-state index in [-0.39, 0.29) is 6.42 Å². The monoisotopic (exact) mass is 314 g/mol. The van der Waals surface area contributed by atoms with Crippen molar-refractivity contribution < 1.29 is 9.90 Å². The molecule has 2 aromatic heterocycles. The van der Waals surface area contributed by atoms with Gasteiger partial charge in [0.05, 0.1) is 11.3 Å². The second kappa shape index (κ2) is 5.01. The number of carboxylic acid groups (broad SMARTS) is 1. The first-order chi connectivity index (χ1) is 8.06. The first kappa shape index (κ1) is 12.3. The zero-order valence-corrected chi connectivity index (χ0v) is 11.6. The molecule has 2 heterocycles. The summed E-state index contributed by atoms with van der Waals surface area (Å²) in [7, 11) is 0. The highest BCUT2D eigenvalue weighted by Gasteiger charge is 2.11. The Bertz CT molecular complexity index is 547. The SMILES string of the molecule is Cc1[nH]c(CCC(=O)O)nc1-c1cc(Br)cs1. The third-order valence-electron chi connectivity index (χ3n) is 2.31. The number of nitrogens with one attached hydrogen (secondary N) is 1. The molecular formula is C11H11BrN2O2S. The lowest BCUT2D eigenvalue weighted by Crippen LogP contribution is -1.98. The summed E-state index contributed by atoms with van der Waals surface area (Å²) in [6.07, 6.45) is 0.531. The van der Waals surface area contributed by atoms with Crippen LogP contribution >= 0.6 is 27.3 Å². The van der Waals surface area contributed by atoms with Crippen LogP contribution in [0.5, 0.6) is 0 Å². The maximum Gasteiger partial charge on any atom is 0.303 e. The van der Waals surface area contributed by atoms with Crippen LogP contribution in [0.1, 0.15) is 17.9 Å². The summed E-state index contributed by atoms with van der Waals surface area (Å²) >= 11 is 5.01. The fraction of sp³-hybridized carbons (Fsp3) is 0.273. The summed E-state index contributed by atoms with van der Waals surface area (Å²) in [4.78, 5) is 19.1. The van der Waals surface area contributed by atoms with Crippen molar-refractivity contribution >= 4 is 33.2 Å². The maximum atomic E-state index is 10.5. The van der Waals surface area contributed by atoms with E-state index >= 15 is 0 Å². The van der Waals surface area contributed by atoms with Gasteiger partial charge < -0.3 is 10.1 Å². The number of nitrogens with zero attached hydrogens (tertiary/aromatic N) is 1. The third kappa shape index (κ3) is 2.95. The first-order valence-electron chi connectivity index (χ1n) is 5.08. The zero-order valence-electron chi connectivity index (χ0n) is 9.16. The molecule has 0 aliphatic heterocycles. The lowest BCUT2D eigenvalue weighted by atomic mass is 10.3. The van der Waals surface area contributed by atoms with Gasteiger partial charge >= 0.3 is 5.97 Å². The molecule has 2 rings (SSSR count). The molecular weight excluding hydrogens is 304 g/mol. The molecule has 0 aliphatic carbocycles. The van der Waals surface area contributed by atoms with E-state index in [1.165, 1.54) is 0 Å². The Labute approximate surface area is 111 Å². The quantitative estimate of drug-likeness (QED) is 0.910. The van der Waals surface area contributed by atoms with Crippen LogP contribution in [0.3, 0.4) is 0 Å². The number of hydrogen-bond donors (Lipinski definition) is 2. The molecule has 6 heteroatoms. The highest BCUT2D eigenvalue weighted by atomic mass is 79.9. The summed E-state index contributed by atoms with van der Waals surface area (Å²) in [5.41, 5.74) is 1.88. The molecule has 0 fully saturated rings. The van der Waals surface area contributed by atoms with Crippen molar-refractivity contribution in [2.75, 3.05) is 0 Å². The lowest BCUT2D eigenvalue weighted by molar-refractivity contribution is -0.137. The van der Waals surface area contributed by atoms with Gasteiger partial charge in [0.2, 0.25) is 0 Å². The minimum atomic E-state index is -0.806. The summed E-state index contributed by atoms with van der Waals surface area (Å²) in [5, 5.41) is 10.6. The number of rotatable bonds is 4. The summed E-state index contributed by atoms with van der Waals surface area (Å²) in [5.74, 6) is -0.0797. The Kier molecular flexibility index (Phi) is 3.63. The number of aromatic amines is 1. The second-order valence-electron chi connectivity index (χ2n) is 3.68. The van der Waals surface area contributed by atoms with Crippen LogP contribution in [-0.4, -0.2) is 21.0 Å². The number of thiophene rings is 1. The average Bonchev–Trinajstić information content (AvgIpc) is 2.82. The van der Waals surface area contributed by atoms with Crippen LogP contribution in [0.15, 0.2) is 15.9 Å². The number of imidazole rings is 1. The van der Waals surface area contributed by atoms with Crippen molar-refractivity contribution in [1.82, 2.24) is 9.97 Å². The number of halogens is 1. The van der Waals surface area contributed by atoms with Gasteiger partial charge in [-0.15, -0.1) is 11.3 Å². The van der Waals surface area contributed by atoms with Gasteiger partial charge in [-0.3, -0.25) is 4.79 Å². The number of aliphatic carboxylic acids is 1. The fourth-order valence-corrected chi connectivity index (χ4v) is 3.02. The van der Waals surface area contributed by atoms with Crippen molar-refractivity contribution in [3.63, 3.8) is 0 Å². The number of aromatic nitrogens is 2. The Morgan fingerprint density at radius 3 is 3.00 bits per heavy atom. The van der Waals surface area contributed by atoms with E-state index in [0.717, 1.165) is 26.6 Å². The molecule has 2 aromatic rings. The molecule has 17 heavy (non-hydrogen) atoms. The van der Waals surface area contributed by atoms with Crippen LogP contribution < -0.4 is 0 Å². The molecule has 4 nitrogen and oxygen atoms in total. The van der Waals surface area contributed by atoms with Crippen molar-refractivity contribution in [2.24, 2.45) is 0 Å². The van der Waals surface area contributed by atoms with Gasteiger partial charge in [-0.2, -0.15) is 0 Å². The van der Waals surface area contributed by atoms with Crippen LogP contribution in [-0.2, 0) is 11.2 Å². The van der Waals surface area contributed by atoms with Crippen LogP contribution in [0.4, 0.5) is 0 Å². The van der Waals surface area contributed by atoms with Gasteiger partial charge in [-0.1, -0.05) is 0 Å². The normalized spacial score (nSPS) is 10.7. The predicted octanol–water partition coefficient (Wildman–Crippen LogP) is 3.23. The van der Waals surface area contributed by atoms with Crippen molar-refractivity contribution in [1.29, 1.82) is 0 Å². The predicted molar refractivity (Wildman–Crippen MR) is 70.3 cm³/mol. The van der Waals surface area contributed by atoms with E-state index in [0.29, 0.717) is 6.42 Å². The van der Waals surface area contributed by atoms with Gasteiger partial charge in [0.1, 0.15) is 11.5 Å². The Morgan fingerprint density at radius 2 is 2.41 bits per heavy atom. The molecule has 0 aliphatic rings. The summed E-state index contributed by atoms with van der Waals surface area (Å²) < 4.78 is 1.03. The number of H-pyrrole nitrogens is 1. The standard InChI is InChI=1S/C11H11BrN2O2S/c1-6-11(8-4-7(12)5-17-8)14-9(13-6)2-3-10(15)16/h4-5H,2-3H2,1H3,(H,13,14)(H,15,16). The fourth-order valence-electron chi connectivity index (χ4n) is 1.54. The van der Waals surface area contributed by atoms with E-state index in [4.69, 9.17) is 5.11 Å². The maximum absolute atomic E-state index is 10.5. The molecule has 0 atom stereocenters. The first-order valence-corrected chi connectivity index (χ1v) is 6.75. The van der Waals surface area contributed by atoms with Gasteiger partial charge in [-0.05, 0) is 28.9 Å². The molecule has 0 saturated carbocycles. The number of carbonyl (C=O) groups is 1. The van der Waals surface area contributed by atoms with E-state index < -0.39 is 5.97 Å². The van der Waals surface area contributed by atoms with E-state index in [9.17, 15) is 4.79 Å². The molecule has 0 radical (unpaired) electrons. The zero-order chi connectivity index (χ0) is 12.4. The Hall–Kier alpha value is -1.14. The number of carboxylic acids is 1. The highest BCUT2D eigenvalue weighted by Crippen LogP contribution is 2.30. The van der Waals surface area contributed by atoms with Gasteiger partial charge in [0, 0.05) is 22.0 Å². The van der Waals surface area contributed by atoms with Crippen molar-refractivity contribution in [3.05, 3.63) is 27.4 Å². The number of aryl methyl sites for hydroxylation is 2. The highest BCUT2D eigenvalue weighted by molar-refractivity contribution is 9.10. The minimum Gasteiger partial charge on any atom is -0.481 e. The van der Waals surface area contributed by atoms with Gasteiger partial charge in [-0.25, -0.2) is 4.98 Å². The van der Waals surface area contributed by atoms with Crippen LogP contribution in [0.25, 0.3) is 10.6 Å². The topological polar surface area (TPSA) is 66.0 Å². The van der Waals surface area contributed by atoms with Gasteiger partial charge in [0.25, 0.3) is 0 Å². The van der Waals surface area contributed by atoms with Crippen LogP contribution in [0, 0.1) is 6.92 Å². The smallest absolute Gasteiger partial charge is 0.303 e. The largest absolute Gasteiger partial charge is 0.481 e. The van der Waals surface area contributed by atoms with E-state index in [1.807, 2.05) is 18.4 Å². The Balaban J connectivity index is 2.21. The minimum absolute atomic E-state index is 0.0977. The molecule has 0 saturated heterocycles. The van der Waals surface area contributed by atoms with E-state index in [2.05, 4.69) is 25.9 Å². The molecule has 0 amide bonds. The van der Waals surface area contributed by atoms with Crippen molar-refractivity contribution in [3.8, 4) is 10.6 Å². The molecule has 2 N–H and O–H groups in total. The molecule has 0 unspecified atom stereocenters. The third-order valence-corrected chi connectivity index (χ3v) is 4.01. The molecule has 0 spiro atoms. The lowest BCUT2D eigenvalue weighted by Gasteiger charge is -1.91. The van der Waals surface area contributed by atoms with Gasteiger partial charge in [0.15, 0.2) is 0 Å². The second-order valence-corrected chi connectivity index (χ2v) is 5.51. The van der Waals surface area contributed by atoms with E-state index in [1.54, 1.807) is 11.3 Å². The molecule has 90 valence electrons. The van der Waals surface area contributed by atoms with Crippen LogP contribution in [0.2, 0.25) is 0 Å². The summed E-state index contributed by atoms with van der Waals surface area (Å²) in [6.45, 7) is 1.94. The molecule has 0 aromatic carbocycles. The summed E-state index contributed by atoms with van der Waals surface area (Å²) in [6, 6.07) is 2.01. The average molecular weight is 315 g/mol. The Morgan fingerprint density at radius 1 is 1.65 bits per heavy atom.